The maximum atomic E-state index is 12.7. The summed E-state index contributed by atoms with van der Waals surface area (Å²) in [5, 5.41) is 11.0. The summed E-state index contributed by atoms with van der Waals surface area (Å²) in [5.74, 6) is 0. The van der Waals surface area contributed by atoms with E-state index in [9.17, 15) is 13.5 Å². The third kappa shape index (κ3) is 3.78. The highest BCUT2D eigenvalue weighted by atomic mass is 79.9. The van der Waals surface area contributed by atoms with E-state index in [0.717, 1.165) is 15.4 Å². The molecule has 0 saturated carbocycles. The molecular weight excluding hydrogens is 390 g/mol. The normalized spacial score (nSPS) is 14.3. The number of aliphatic hydroxyl groups is 1. The highest BCUT2D eigenvalue weighted by Crippen LogP contribution is 2.33. The summed E-state index contributed by atoms with van der Waals surface area (Å²) >= 11 is 3.45. The van der Waals surface area contributed by atoms with E-state index in [1.54, 1.807) is 6.92 Å². The van der Waals surface area contributed by atoms with Gasteiger partial charge in [-0.25, -0.2) is 8.42 Å². The van der Waals surface area contributed by atoms with E-state index in [1.165, 1.54) is 4.31 Å². The van der Waals surface area contributed by atoms with Gasteiger partial charge in [0, 0.05) is 16.4 Å². The van der Waals surface area contributed by atoms with E-state index < -0.39 is 15.6 Å². The number of aliphatic hydroxyl groups excluding tert-OH is 1. The molecule has 1 N–H and O–H groups in total. The van der Waals surface area contributed by atoms with Crippen molar-refractivity contribution in [1.82, 2.24) is 4.31 Å². The van der Waals surface area contributed by atoms with Crippen LogP contribution in [0.3, 0.4) is 0 Å². The predicted molar refractivity (Wildman–Crippen MR) is 99.7 cm³/mol. The molecule has 2 aromatic rings. The van der Waals surface area contributed by atoms with Gasteiger partial charge in [0.25, 0.3) is 0 Å². The van der Waals surface area contributed by atoms with Crippen molar-refractivity contribution >= 4 is 26.0 Å². The minimum Gasteiger partial charge on any atom is -0.394 e. The van der Waals surface area contributed by atoms with Crippen molar-refractivity contribution in [2.75, 3.05) is 6.61 Å². The molecule has 24 heavy (non-hydrogen) atoms. The van der Waals surface area contributed by atoms with Crippen molar-refractivity contribution in [3.05, 3.63) is 82.2 Å². The number of rotatable bonds is 7. The summed E-state index contributed by atoms with van der Waals surface area (Å²) in [6.45, 7) is 4.90. The molecule has 0 radical (unpaired) electrons. The fraction of sp³-hybridized carbons (Fsp3) is 0.222. The van der Waals surface area contributed by atoms with E-state index >= 15 is 0 Å². The van der Waals surface area contributed by atoms with Gasteiger partial charge in [-0.2, -0.15) is 4.31 Å². The molecule has 6 heteroatoms. The lowest BCUT2D eigenvalue weighted by molar-refractivity contribution is 0.101. The van der Waals surface area contributed by atoms with Crippen molar-refractivity contribution in [3.63, 3.8) is 0 Å². The smallest absolute Gasteiger partial charge is 0.236 e. The van der Waals surface area contributed by atoms with E-state index in [4.69, 9.17) is 0 Å². The van der Waals surface area contributed by atoms with Gasteiger partial charge in [-0.3, -0.25) is 0 Å². The molecule has 2 rings (SSSR count). The summed E-state index contributed by atoms with van der Waals surface area (Å²) in [6, 6.07) is 16.5. The molecule has 2 aromatic carbocycles. The van der Waals surface area contributed by atoms with Crippen LogP contribution in [0.1, 0.15) is 18.1 Å². The lowest BCUT2D eigenvalue weighted by Gasteiger charge is -2.39. The zero-order valence-electron chi connectivity index (χ0n) is 13.4. The third-order valence-corrected chi connectivity index (χ3v) is 6.38. The summed E-state index contributed by atoms with van der Waals surface area (Å²) < 4.78 is 27.4. The van der Waals surface area contributed by atoms with Crippen LogP contribution in [0.4, 0.5) is 0 Å². The van der Waals surface area contributed by atoms with Crippen LogP contribution >= 0.6 is 15.9 Å². The molecule has 0 saturated heterocycles. The van der Waals surface area contributed by atoms with Gasteiger partial charge in [-0.05, 0) is 24.1 Å². The van der Waals surface area contributed by atoms with Gasteiger partial charge < -0.3 is 5.11 Å². The fourth-order valence-electron chi connectivity index (χ4n) is 2.53. The maximum Gasteiger partial charge on any atom is 0.236 e. The monoisotopic (exact) mass is 409 g/mol. The minimum absolute atomic E-state index is 0.113. The van der Waals surface area contributed by atoms with Gasteiger partial charge in [0.05, 0.1) is 12.1 Å². The van der Waals surface area contributed by atoms with Crippen LogP contribution in [0, 0.1) is 0 Å². The van der Waals surface area contributed by atoms with Crippen LogP contribution in [0.25, 0.3) is 0 Å². The molecule has 0 aliphatic carbocycles. The predicted octanol–water partition coefficient (Wildman–Crippen LogP) is 3.63. The summed E-state index contributed by atoms with van der Waals surface area (Å²) in [4.78, 5) is 0. The second-order valence-corrected chi connectivity index (χ2v) is 8.27. The van der Waals surface area contributed by atoms with Crippen LogP contribution in [-0.2, 0) is 22.1 Å². The Morgan fingerprint density at radius 2 is 1.75 bits per heavy atom. The van der Waals surface area contributed by atoms with Gasteiger partial charge in [-0.1, -0.05) is 71.0 Å². The number of halogens is 1. The molecule has 0 heterocycles. The summed E-state index contributed by atoms with van der Waals surface area (Å²) in [7, 11) is -3.78. The molecule has 0 spiro atoms. The number of nitrogens with zero attached hydrogens (tertiary/aromatic N) is 1. The first-order chi connectivity index (χ1) is 11.3. The second-order valence-electron chi connectivity index (χ2n) is 5.61. The number of hydrogen-bond donors (Lipinski definition) is 1. The second kappa shape index (κ2) is 7.61. The van der Waals surface area contributed by atoms with Gasteiger partial charge in [0.1, 0.15) is 0 Å². The molecule has 0 aliphatic heterocycles. The van der Waals surface area contributed by atoms with Gasteiger partial charge >= 0.3 is 0 Å². The van der Waals surface area contributed by atoms with E-state index in [2.05, 4.69) is 22.5 Å². The molecule has 1 atom stereocenters. The third-order valence-electron chi connectivity index (χ3n) is 4.04. The van der Waals surface area contributed by atoms with Gasteiger partial charge in [0.15, 0.2) is 0 Å². The Morgan fingerprint density at radius 1 is 1.17 bits per heavy atom. The first kappa shape index (κ1) is 18.9. The molecule has 0 aliphatic rings. The molecule has 0 bridgehead atoms. The van der Waals surface area contributed by atoms with Crippen molar-refractivity contribution in [3.8, 4) is 0 Å². The van der Waals surface area contributed by atoms with E-state index in [-0.39, 0.29) is 13.2 Å². The SMILES string of the molecule is C=CS(=O)(=O)N(Cc1ccccc1Br)[C@](C)(CO)c1ccccc1. The Hall–Kier alpha value is -1.47. The van der Waals surface area contributed by atoms with Crippen LogP contribution in [0.2, 0.25) is 0 Å². The van der Waals surface area contributed by atoms with Gasteiger partial charge in [-0.15, -0.1) is 0 Å². The lowest BCUT2D eigenvalue weighted by atomic mass is 9.92. The van der Waals surface area contributed by atoms with Crippen LogP contribution < -0.4 is 0 Å². The Balaban J connectivity index is 2.58. The maximum absolute atomic E-state index is 12.7. The van der Waals surface area contributed by atoms with Gasteiger partial charge in [0.2, 0.25) is 10.0 Å². The zero-order chi connectivity index (χ0) is 17.8. The lowest BCUT2D eigenvalue weighted by Crippen LogP contribution is -2.48. The average Bonchev–Trinajstić information content (AvgIpc) is 2.61. The first-order valence-corrected chi connectivity index (χ1v) is 9.70. The Bertz CT molecular complexity index is 808. The van der Waals surface area contributed by atoms with Crippen molar-refractivity contribution in [1.29, 1.82) is 0 Å². The number of benzene rings is 2. The van der Waals surface area contributed by atoms with E-state index in [1.807, 2.05) is 54.6 Å². The number of sulfonamides is 1. The zero-order valence-corrected chi connectivity index (χ0v) is 15.8. The van der Waals surface area contributed by atoms with Crippen LogP contribution in [-0.4, -0.2) is 24.4 Å². The van der Waals surface area contributed by atoms with Crippen molar-refractivity contribution < 1.29 is 13.5 Å². The van der Waals surface area contributed by atoms with Crippen LogP contribution in [0.5, 0.6) is 0 Å². The fourth-order valence-corrected chi connectivity index (χ4v) is 4.16. The van der Waals surface area contributed by atoms with Crippen molar-refractivity contribution in [2.45, 2.75) is 19.0 Å². The molecule has 0 amide bonds. The minimum atomic E-state index is -3.78. The topological polar surface area (TPSA) is 57.6 Å². The molecule has 4 nitrogen and oxygen atoms in total. The standard InChI is InChI=1S/C18H20BrNO3S/c1-3-24(22,23)20(13-15-9-7-8-12-17(15)19)18(2,14-21)16-10-5-4-6-11-16/h3-12,21H,1,13-14H2,2H3/t18-/m1/s1. The molecule has 0 aromatic heterocycles. The molecule has 0 fully saturated rings. The quantitative estimate of drug-likeness (QED) is 0.759. The number of hydrogen-bond acceptors (Lipinski definition) is 3. The van der Waals surface area contributed by atoms with Crippen LogP contribution in [0.15, 0.2) is 71.1 Å². The highest BCUT2D eigenvalue weighted by molar-refractivity contribution is 9.10. The Morgan fingerprint density at radius 3 is 2.29 bits per heavy atom. The largest absolute Gasteiger partial charge is 0.394 e. The molecular formula is C18H20BrNO3S. The Kier molecular flexibility index (Phi) is 5.98. The molecule has 0 unspecified atom stereocenters. The average molecular weight is 410 g/mol. The first-order valence-electron chi connectivity index (χ1n) is 7.40. The molecule has 128 valence electrons. The van der Waals surface area contributed by atoms with E-state index in [0.29, 0.717) is 5.56 Å². The van der Waals surface area contributed by atoms with Crippen molar-refractivity contribution in [2.24, 2.45) is 0 Å². The summed E-state index contributed by atoms with van der Waals surface area (Å²) in [6.07, 6.45) is 0. The highest BCUT2D eigenvalue weighted by Gasteiger charge is 2.40. The summed E-state index contributed by atoms with van der Waals surface area (Å²) in [5.41, 5.74) is 0.410. The Labute approximate surface area is 151 Å².